The van der Waals surface area contributed by atoms with E-state index in [2.05, 4.69) is 31.9 Å². The van der Waals surface area contributed by atoms with Crippen LogP contribution >= 0.6 is 13.5 Å². The van der Waals surface area contributed by atoms with Gasteiger partial charge >= 0.3 is 6.18 Å². The first-order valence-electron chi connectivity index (χ1n) is 12.2. The average molecular weight is 1960 g/mol. The van der Waals surface area contributed by atoms with Crippen LogP contribution in [-0.4, -0.2) is 64.2 Å². The molecule has 46 heavy (non-hydrogen) atoms. The van der Waals surface area contributed by atoms with E-state index in [0.29, 0.717) is 6.54 Å². The third kappa shape index (κ3) is 7.32. The number of nitrogens with one attached hydrogen (secondary N) is 2. The summed E-state index contributed by atoms with van der Waals surface area (Å²) in [5.74, 6) is -0.644. The molecule has 3 aromatic rings. The third-order valence-corrected chi connectivity index (χ3v) is 8.01. The van der Waals surface area contributed by atoms with Crippen molar-refractivity contribution in [2.75, 3.05) is 18.1 Å². The van der Waals surface area contributed by atoms with Crippen LogP contribution in [0.2, 0.25) is 0 Å². The van der Waals surface area contributed by atoms with E-state index in [1.165, 1.54) is 36.0 Å². The predicted octanol–water partition coefficient (Wildman–Crippen LogP) is 3.75. The van der Waals surface area contributed by atoms with Gasteiger partial charge in [0.2, 0.25) is 5.88 Å². The number of hydrogen-bond acceptors (Lipinski definition) is 8. The number of aromatic nitrogens is 5. The summed E-state index contributed by atoms with van der Waals surface area (Å²) in [5.41, 5.74) is -2.43. The van der Waals surface area contributed by atoms with Crippen LogP contribution in [0.1, 0.15) is 43.7 Å². The van der Waals surface area contributed by atoms with E-state index < -0.39 is 39.7 Å². The van der Waals surface area contributed by atoms with Crippen LogP contribution in [0.25, 0.3) is 5.82 Å². The van der Waals surface area contributed by atoms with Crippen molar-refractivity contribution in [3.63, 3.8) is 0 Å². The maximum atomic E-state index is 13.3. The first-order valence-corrected chi connectivity index (χ1v) is 13.7. The number of ether oxygens (including phenoxy) is 1. The molecule has 0 bridgehead atoms. The van der Waals surface area contributed by atoms with Gasteiger partial charge in [-0.25, -0.2) is 22.8 Å². The SMILES string of the molecule is S.[CH2-][C@H]1[CH-]C(C)(C)N(c2nc(-n3ccc(OCC(C)(C)C(F)(F)F)n3)ccc2C(=O)NS(=O)(=O)c2cn[nH]c2C)C1.[Hs].[Hs].[Hs].[Hs].[Hs]. The van der Waals surface area contributed by atoms with Crippen LogP contribution in [-0.2, 0) is 10.0 Å². The Morgan fingerprint density at radius 2 is 1.78 bits per heavy atom. The zero-order chi connectivity index (χ0) is 29.7. The molecule has 3 aromatic heterocycles. The summed E-state index contributed by atoms with van der Waals surface area (Å²) in [7, 11) is -4.24. The van der Waals surface area contributed by atoms with Crippen LogP contribution in [0.15, 0.2) is 35.5 Å². The quantitative estimate of drug-likeness (QED) is 0.326. The number of halogens is 3. The van der Waals surface area contributed by atoms with E-state index in [-0.39, 0.29) is 53.1 Å². The molecule has 0 aliphatic carbocycles. The predicted molar refractivity (Wildman–Crippen MR) is 150 cm³/mol. The van der Waals surface area contributed by atoms with Crippen molar-refractivity contribution < 1.29 is 31.1 Å². The molecule has 1 saturated heterocycles. The second-order valence-corrected chi connectivity index (χ2v) is 12.4. The minimum atomic E-state index is -4.46. The number of carbonyl (C=O) groups excluding carboxylic acids is 1. The second kappa shape index (κ2) is 13.1. The first kappa shape index (κ1) is 42.2. The van der Waals surface area contributed by atoms with Crippen LogP contribution in [0.5, 0.6) is 5.88 Å². The molecule has 1 fully saturated rings. The van der Waals surface area contributed by atoms with Crippen LogP contribution in [0.3, 0.4) is 0 Å². The maximum absolute atomic E-state index is 13.3. The van der Waals surface area contributed by atoms with Gasteiger partial charge in [-0.3, -0.25) is 15.8 Å². The van der Waals surface area contributed by atoms with Gasteiger partial charge in [-0.05, 0) is 39.4 Å². The molecule has 0 aromatic carbocycles. The molecule has 236 valence electrons. The number of rotatable bonds is 8. The zero-order valence-electron chi connectivity index (χ0n) is 26.6. The monoisotopic (exact) mass is 1960 g/mol. The van der Waals surface area contributed by atoms with Gasteiger partial charge in [0.25, 0.3) is 15.9 Å². The van der Waals surface area contributed by atoms with Gasteiger partial charge in [0.05, 0.1) is 22.9 Å². The Kier molecular flexibility index (Phi) is 12.1. The smallest absolute Gasteiger partial charge is 0.397 e. The number of amides is 1. The molecule has 0 saturated carbocycles. The molecule has 0 radical (unpaired) electrons. The molecule has 21 heteroatoms. The second-order valence-electron chi connectivity index (χ2n) is 10.8. The number of anilines is 1. The number of H-pyrrole nitrogens is 1. The summed E-state index contributed by atoms with van der Waals surface area (Å²) >= 11 is 0. The Hall–Kier alpha value is -8.27. The molecule has 0 unspecified atom stereocenters. The molecule has 1 aliphatic rings. The van der Waals surface area contributed by atoms with Crippen molar-refractivity contribution in [3.05, 3.63) is 55.2 Å². The molecular weight excluding hydrogens is 1930 g/mol. The number of sulfonamides is 1. The van der Waals surface area contributed by atoms with Gasteiger partial charge < -0.3 is 23.0 Å². The largest absolute Gasteiger partial charge is 0.476 e. The van der Waals surface area contributed by atoms with Gasteiger partial charge in [0, 0.05) is 12.3 Å². The Morgan fingerprint density at radius 1 is 1.17 bits per heavy atom. The molecule has 4 rings (SSSR count). The van der Waals surface area contributed by atoms with Crippen molar-refractivity contribution in [3.8, 4) is 11.7 Å². The van der Waals surface area contributed by atoms with Crippen molar-refractivity contribution in [2.45, 2.75) is 51.2 Å². The van der Waals surface area contributed by atoms with Crippen molar-refractivity contribution in [1.82, 2.24) is 29.7 Å². The van der Waals surface area contributed by atoms with Gasteiger partial charge in [-0.2, -0.15) is 31.8 Å². The van der Waals surface area contributed by atoms with E-state index in [1.54, 1.807) is 0 Å². The minimum Gasteiger partial charge on any atom is -0.476 e. The molecule has 11 nitrogen and oxygen atoms in total. The molecule has 2 N–H and O–H groups in total. The number of carbonyl (C=O) groups is 1. The van der Waals surface area contributed by atoms with E-state index in [0.717, 1.165) is 20.0 Å². The van der Waals surface area contributed by atoms with E-state index in [4.69, 9.17) is 4.74 Å². The van der Waals surface area contributed by atoms with E-state index in [1.807, 2.05) is 25.2 Å². The number of aromatic amines is 1. The Labute approximate surface area is 243 Å². The van der Waals surface area contributed by atoms with Crippen LogP contribution in [0, 0.1) is 31.6 Å². The number of alkyl halides is 3. The summed E-state index contributed by atoms with van der Waals surface area (Å²) in [5, 5.41) is 10.4. The van der Waals surface area contributed by atoms with E-state index in [9.17, 15) is 26.4 Å². The molecule has 0 spiro atoms. The molecule has 4 heterocycles. The number of hydrogen-bond donors (Lipinski definition) is 2. The van der Waals surface area contributed by atoms with Gasteiger partial charge in [-0.15, -0.1) is 5.10 Å². The Bertz CT molecular complexity index is 1540. The van der Waals surface area contributed by atoms with Crippen molar-refractivity contribution >= 4 is 35.2 Å². The maximum Gasteiger partial charge on any atom is 0.397 e. The molecule has 1 aliphatic heterocycles. The third-order valence-electron chi connectivity index (χ3n) is 6.56. The Morgan fingerprint density at radius 3 is 2.28 bits per heavy atom. The minimum absolute atomic E-state index is 0. The van der Waals surface area contributed by atoms with Crippen LogP contribution in [0.4, 0.5) is 19.0 Å². The molecule has 1 atom stereocenters. The molecular formula is C25H32F3Hs5N7O4S2-2. The van der Waals surface area contributed by atoms with Gasteiger partial charge in [0.15, 0.2) is 5.82 Å². The normalized spacial score (nSPS) is 15.4. The summed E-state index contributed by atoms with van der Waals surface area (Å²) < 4.78 is 73.9. The van der Waals surface area contributed by atoms with Crippen molar-refractivity contribution in [2.24, 2.45) is 11.3 Å². The first-order chi connectivity index (χ1) is 18.4. The summed E-state index contributed by atoms with van der Waals surface area (Å²) in [6, 6.07) is 4.25. The fourth-order valence-corrected chi connectivity index (χ4v) is 5.29. The summed E-state index contributed by atoms with van der Waals surface area (Å²) in [6.07, 6.45) is 0.0836. The van der Waals surface area contributed by atoms with Crippen LogP contribution < -0.4 is 14.4 Å². The molecule has 1 amide bonds. The average Bonchev–Trinajstić information content (AvgIpc) is 3.54. The summed E-state index contributed by atoms with van der Waals surface area (Å²) in [4.78, 5) is 19.6. The standard InChI is InChI=1S/C25H30F3N7O4S.5Hs.H2S/c1-15-11-24(5,6)34(13-15)21-17(22(36)33-40(37,38)18-12-29-31-16(18)2)7-8-19(30-21)35-10-9-20(32-35)39-14-23(3,4)25(26,27)28;;;;;;/h7-12,15H,1,13-14H2,2-6H3,(H,29,31)(H,33,36);;;;;;1H2/q-2;;;;;;/t15-;;;;;;/m0....../s1. The fourth-order valence-electron chi connectivity index (χ4n) is 4.19. The number of aryl methyl sites for hydroxylation is 1. The summed E-state index contributed by atoms with van der Waals surface area (Å²) in [6.45, 7) is 11.2. The van der Waals surface area contributed by atoms with Crippen molar-refractivity contribution in [1.29, 1.82) is 0 Å². The topological polar surface area (TPSA) is 135 Å². The number of nitrogens with zero attached hydrogens (tertiary/aromatic N) is 5. The number of pyridine rings is 1. The Balaban J connectivity index is -0.00000308. The van der Waals surface area contributed by atoms with Gasteiger partial charge in [0.1, 0.15) is 17.3 Å². The zero-order valence-corrected chi connectivity index (χ0v) is 61.1. The van der Waals surface area contributed by atoms with Gasteiger partial charge in [-0.1, -0.05) is 19.4 Å². The fraction of sp³-hybridized carbons (Fsp3) is 0.440. The van der Waals surface area contributed by atoms with E-state index >= 15 is 0 Å².